The van der Waals surface area contributed by atoms with Gasteiger partial charge in [0.05, 0.1) is 16.3 Å². The van der Waals surface area contributed by atoms with E-state index >= 15 is 0 Å². The van der Waals surface area contributed by atoms with E-state index in [2.05, 4.69) is 20.6 Å². The van der Waals surface area contributed by atoms with Gasteiger partial charge < -0.3 is 0 Å². The molecule has 0 atom stereocenters. The molecule has 3 aromatic carbocycles. The molecule has 1 aromatic heterocycles. The summed E-state index contributed by atoms with van der Waals surface area (Å²) in [7, 11) is -3.84. The molecule has 0 saturated carbocycles. The molecule has 0 radical (unpaired) electrons. The van der Waals surface area contributed by atoms with Gasteiger partial charge >= 0.3 is 0 Å². The van der Waals surface area contributed by atoms with Crippen molar-refractivity contribution in [2.75, 3.05) is 4.31 Å². The van der Waals surface area contributed by atoms with Crippen LogP contribution in [0.3, 0.4) is 0 Å². The summed E-state index contributed by atoms with van der Waals surface area (Å²) in [4.78, 5) is 0.209. The molecule has 140 valence electrons. The number of benzene rings is 3. The zero-order valence-electron chi connectivity index (χ0n) is 15.0. The summed E-state index contributed by atoms with van der Waals surface area (Å²) >= 11 is 0. The minimum Gasteiger partial charge on any atom is -0.234 e. The maximum atomic E-state index is 13.5. The van der Waals surface area contributed by atoms with Gasteiger partial charge in [0, 0.05) is 5.56 Å². The Labute approximate surface area is 162 Å². The second-order valence-corrected chi connectivity index (χ2v) is 7.99. The summed E-state index contributed by atoms with van der Waals surface area (Å²) in [5.74, 6) is 0.391. The molecule has 8 heteroatoms. The quantitative estimate of drug-likeness (QED) is 0.560. The number of rotatable bonds is 5. The highest BCUT2D eigenvalue weighted by Gasteiger charge is 2.27. The topological polar surface area (TPSA) is 91.8 Å². The Morgan fingerprint density at radius 1 is 0.857 bits per heavy atom. The Balaban J connectivity index is 1.89. The highest BCUT2D eigenvalue weighted by atomic mass is 32.2. The Morgan fingerprint density at radius 3 is 2.29 bits per heavy atom. The minimum absolute atomic E-state index is 0.209. The van der Waals surface area contributed by atoms with Gasteiger partial charge in [-0.15, -0.1) is 10.2 Å². The number of tetrazole rings is 1. The fraction of sp³-hybridized carbons (Fsp3) is 0.0500. The highest BCUT2D eigenvalue weighted by Crippen LogP contribution is 2.34. The molecule has 4 rings (SSSR count). The van der Waals surface area contributed by atoms with Gasteiger partial charge in [0.2, 0.25) is 5.82 Å². The third kappa shape index (κ3) is 3.37. The van der Waals surface area contributed by atoms with Gasteiger partial charge in [-0.1, -0.05) is 48.0 Å². The number of nitrogens with zero attached hydrogens (tertiary/aromatic N) is 4. The molecule has 28 heavy (non-hydrogen) atoms. The normalized spacial score (nSPS) is 11.3. The number of aromatic amines is 1. The predicted molar refractivity (Wildman–Crippen MR) is 107 cm³/mol. The molecule has 7 nitrogen and oxygen atoms in total. The number of aromatic nitrogens is 4. The summed E-state index contributed by atoms with van der Waals surface area (Å²) < 4.78 is 28.3. The molecule has 0 aliphatic carbocycles. The summed E-state index contributed by atoms with van der Waals surface area (Å²) in [6.07, 6.45) is 0. The van der Waals surface area contributed by atoms with Gasteiger partial charge in [0.1, 0.15) is 0 Å². The van der Waals surface area contributed by atoms with Crippen LogP contribution < -0.4 is 4.31 Å². The highest BCUT2D eigenvalue weighted by molar-refractivity contribution is 7.93. The van der Waals surface area contributed by atoms with Crippen molar-refractivity contribution in [1.29, 1.82) is 0 Å². The monoisotopic (exact) mass is 391 g/mol. The van der Waals surface area contributed by atoms with Crippen LogP contribution in [0.5, 0.6) is 0 Å². The molecule has 0 unspecified atom stereocenters. The molecule has 0 spiro atoms. The van der Waals surface area contributed by atoms with Crippen molar-refractivity contribution in [1.82, 2.24) is 20.6 Å². The van der Waals surface area contributed by atoms with Crippen molar-refractivity contribution in [2.45, 2.75) is 11.8 Å². The van der Waals surface area contributed by atoms with E-state index in [0.29, 0.717) is 22.8 Å². The van der Waals surface area contributed by atoms with Gasteiger partial charge in [0.15, 0.2) is 0 Å². The zero-order valence-corrected chi connectivity index (χ0v) is 15.8. The van der Waals surface area contributed by atoms with E-state index in [1.54, 1.807) is 66.7 Å². The van der Waals surface area contributed by atoms with E-state index in [0.717, 1.165) is 5.56 Å². The third-order valence-electron chi connectivity index (χ3n) is 4.23. The molecule has 0 bridgehead atoms. The molecule has 0 aliphatic rings. The van der Waals surface area contributed by atoms with Crippen LogP contribution in [0.1, 0.15) is 5.56 Å². The van der Waals surface area contributed by atoms with Gasteiger partial charge in [0.25, 0.3) is 10.0 Å². The maximum absolute atomic E-state index is 13.5. The van der Waals surface area contributed by atoms with E-state index in [1.165, 1.54) is 4.31 Å². The van der Waals surface area contributed by atoms with Crippen LogP contribution in [0.2, 0.25) is 0 Å². The molecule has 1 N–H and O–H groups in total. The first-order valence-corrected chi connectivity index (χ1v) is 10.0. The van der Waals surface area contributed by atoms with Crippen molar-refractivity contribution in [3.05, 3.63) is 84.4 Å². The number of anilines is 2. The smallest absolute Gasteiger partial charge is 0.234 e. The van der Waals surface area contributed by atoms with E-state index in [1.807, 2.05) is 19.1 Å². The minimum atomic E-state index is -3.84. The third-order valence-corrected chi connectivity index (χ3v) is 6.00. The van der Waals surface area contributed by atoms with Gasteiger partial charge in [-0.05, 0) is 48.5 Å². The summed E-state index contributed by atoms with van der Waals surface area (Å²) in [6, 6.07) is 22.7. The van der Waals surface area contributed by atoms with Crippen LogP contribution >= 0.6 is 0 Å². The molecule has 0 aliphatic heterocycles. The second kappa shape index (κ2) is 7.24. The summed E-state index contributed by atoms with van der Waals surface area (Å²) in [6.45, 7) is 1.96. The fourth-order valence-corrected chi connectivity index (χ4v) is 4.36. The Bertz CT molecular complexity index is 1180. The molecule has 0 amide bonds. The number of H-pyrrole nitrogens is 1. The van der Waals surface area contributed by atoms with Crippen LogP contribution in [0.25, 0.3) is 11.4 Å². The van der Waals surface area contributed by atoms with Crippen LogP contribution in [0, 0.1) is 6.92 Å². The number of nitrogens with one attached hydrogen (secondary N) is 1. The van der Waals surface area contributed by atoms with Gasteiger partial charge in [-0.25, -0.2) is 12.7 Å². The first-order valence-electron chi connectivity index (χ1n) is 8.57. The number of hydrogen-bond acceptors (Lipinski definition) is 5. The van der Waals surface area contributed by atoms with E-state index < -0.39 is 10.0 Å². The van der Waals surface area contributed by atoms with Gasteiger partial charge in [-0.2, -0.15) is 5.21 Å². The zero-order chi connectivity index (χ0) is 19.6. The van der Waals surface area contributed by atoms with Crippen molar-refractivity contribution < 1.29 is 8.42 Å². The molecule has 4 aromatic rings. The lowest BCUT2D eigenvalue weighted by Crippen LogP contribution is -2.26. The SMILES string of the molecule is Cc1ccc(N(c2cccc(-c3nn[nH]n3)c2)S(=O)(=O)c2ccccc2)cc1. The average molecular weight is 391 g/mol. The molecule has 1 heterocycles. The molecular formula is C20H17N5O2S. The summed E-state index contributed by atoms with van der Waals surface area (Å²) in [5, 5.41) is 13.9. The summed E-state index contributed by atoms with van der Waals surface area (Å²) in [5.41, 5.74) is 2.72. The van der Waals surface area contributed by atoms with Gasteiger partial charge in [-0.3, -0.25) is 0 Å². The number of aryl methyl sites for hydroxylation is 1. The maximum Gasteiger partial charge on any atom is 0.268 e. The molecular weight excluding hydrogens is 374 g/mol. The van der Waals surface area contributed by atoms with Crippen LogP contribution in [-0.4, -0.2) is 29.0 Å². The van der Waals surface area contributed by atoms with Crippen LogP contribution in [0.15, 0.2) is 83.8 Å². The van der Waals surface area contributed by atoms with Crippen LogP contribution in [-0.2, 0) is 10.0 Å². The lowest BCUT2D eigenvalue weighted by molar-refractivity contribution is 0.596. The van der Waals surface area contributed by atoms with Crippen molar-refractivity contribution >= 4 is 21.4 Å². The fourth-order valence-electron chi connectivity index (χ4n) is 2.86. The van der Waals surface area contributed by atoms with Crippen molar-refractivity contribution in [3.8, 4) is 11.4 Å². The Hall–Kier alpha value is -3.52. The first kappa shape index (κ1) is 17.9. The number of sulfonamides is 1. The molecule has 0 saturated heterocycles. The van der Waals surface area contributed by atoms with E-state index in [4.69, 9.17) is 0 Å². The Kier molecular flexibility index (Phi) is 4.62. The lowest BCUT2D eigenvalue weighted by Gasteiger charge is -2.25. The predicted octanol–water partition coefficient (Wildman–Crippen LogP) is 3.70. The standard InChI is InChI=1S/C20H17N5O2S/c1-15-10-12-17(13-11-15)25(28(26,27)19-8-3-2-4-9-19)18-7-5-6-16(14-18)20-21-23-24-22-20/h2-14H,1H3,(H,21,22,23,24). The van der Waals surface area contributed by atoms with Crippen molar-refractivity contribution in [3.63, 3.8) is 0 Å². The lowest BCUT2D eigenvalue weighted by atomic mass is 10.1. The number of hydrogen-bond donors (Lipinski definition) is 1. The first-order chi connectivity index (χ1) is 13.6. The van der Waals surface area contributed by atoms with E-state index in [9.17, 15) is 8.42 Å². The largest absolute Gasteiger partial charge is 0.268 e. The van der Waals surface area contributed by atoms with Crippen LogP contribution in [0.4, 0.5) is 11.4 Å². The van der Waals surface area contributed by atoms with E-state index in [-0.39, 0.29) is 4.90 Å². The van der Waals surface area contributed by atoms with Crippen molar-refractivity contribution in [2.24, 2.45) is 0 Å². The average Bonchev–Trinajstić information content (AvgIpc) is 3.25. The Morgan fingerprint density at radius 2 is 1.61 bits per heavy atom. The molecule has 0 fully saturated rings. The second-order valence-electron chi connectivity index (χ2n) is 6.20.